The van der Waals surface area contributed by atoms with Crippen LogP contribution in [0.4, 0.5) is 18.9 Å². The maximum absolute atomic E-state index is 13.7. The summed E-state index contributed by atoms with van der Waals surface area (Å²) in [6.45, 7) is -0.167. The topological polar surface area (TPSA) is 84.5 Å². The third-order valence-corrected chi connectivity index (χ3v) is 3.47. The van der Waals surface area contributed by atoms with Crippen LogP contribution in [-0.2, 0) is 9.53 Å². The van der Waals surface area contributed by atoms with Crippen LogP contribution in [0, 0.1) is 17.5 Å². The number of ether oxygens (including phenoxy) is 1. The number of carbonyl (C=O) groups is 3. The maximum atomic E-state index is 13.7. The van der Waals surface area contributed by atoms with Crippen LogP contribution in [0.3, 0.4) is 0 Å². The van der Waals surface area contributed by atoms with Crippen molar-refractivity contribution >= 4 is 23.5 Å². The number of anilines is 1. The Hall–Kier alpha value is -3.36. The predicted molar refractivity (Wildman–Crippen MR) is 89.7 cm³/mol. The molecule has 0 saturated heterocycles. The summed E-state index contributed by atoms with van der Waals surface area (Å²) >= 11 is 0. The van der Waals surface area contributed by atoms with E-state index >= 15 is 0 Å². The van der Waals surface area contributed by atoms with Gasteiger partial charge in [-0.25, -0.2) is 18.0 Å². The zero-order chi connectivity index (χ0) is 20.0. The van der Waals surface area contributed by atoms with Crippen molar-refractivity contribution in [1.82, 2.24) is 5.32 Å². The molecule has 2 N–H and O–H groups in total. The molecule has 0 fully saturated rings. The van der Waals surface area contributed by atoms with Crippen LogP contribution in [0.2, 0.25) is 0 Å². The molecule has 0 unspecified atom stereocenters. The van der Waals surface area contributed by atoms with Gasteiger partial charge >= 0.3 is 5.97 Å². The second kappa shape index (κ2) is 8.84. The molecule has 27 heavy (non-hydrogen) atoms. The van der Waals surface area contributed by atoms with Crippen LogP contribution in [0.1, 0.15) is 27.1 Å². The van der Waals surface area contributed by atoms with Gasteiger partial charge in [0.2, 0.25) is 5.91 Å². The van der Waals surface area contributed by atoms with E-state index in [-0.39, 0.29) is 29.8 Å². The van der Waals surface area contributed by atoms with Gasteiger partial charge in [-0.1, -0.05) is 0 Å². The molecule has 2 aromatic rings. The molecule has 0 aliphatic carbocycles. The van der Waals surface area contributed by atoms with Gasteiger partial charge in [-0.3, -0.25) is 9.59 Å². The number of rotatable bonds is 6. The number of nitrogens with one attached hydrogen (secondary N) is 2. The van der Waals surface area contributed by atoms with E-state index in [0.29, 0.717) is 6.07 Å². The second-order valence-electron chi connectivity index (χ2n) is 5.36. The highest BCUT2D eigenvalue weighted by molar-refractivity contribution is 5.96. The van der Waals surface area contributed by atoms with Gasteiger partial charge in [-0.15, -0.1) is 0 Å². The number of esters is 1. The molecule has 0 heterocycles. The lowest BCUT2D eigenvalue weighted by atomic mass is 10.2. The van der Waals surface area contributed by atoms with E-state index in [2.05, 4.69) is 15.4 Å². The van der Waals surface area contributed by atoms with Crippen molar-refractivity contribution in [3.8, 4) is 0 Å². The lowest BCUT2D eigenvalue weighted by Gasteiger charge is -2.09. The molecule has 0 aromatic heterocycles. The number of hydrogen-bond donors (Lipinski definition) is 2. The molecule has 2 rings (SSSR count). The lowest BCUT2D eigenvalue weighted by molar-refractivity contribution is -0.116. The van der Waals surface area contributed by atoms with Crippen molar-refractivity contribution in [3.05, 3.63) is 65.0 Å². The van der Waals surface area contributed by atoms with Crippen molar-refractivity contribution in [1.29, 1.82) is 0 Å². The molecule has 9 heteroatoms. The molecule has 0 saturated carbocycles. The Morgan fingerprint density at radius 3 is 2.41 bits per heavy atom. The quantitative estimate of drug-likeness (QED) is 0.755. The molecule has 2 aromatic carbocycles. The van der Waals surface area contributed by atoms with E-state index in [1.807, 2.05) is 0 Å². The van der Waals surface area contributed by atoms with E-state index in [1.165, 1.54) is 6.07 Å². The summed E-state index contributed by atoms with van der Waals surface area (Å²) in [4.78, 5) is 35.1. The number of carbonyl (C=O) groups excluding carboxylic acids is 3. The fourth-order valence-electron chi connectivity index (χ4n) is 2.14. The highest BCUT2D eigenvalue weighted by Gasteiger charge is 2.14. The lowest BCUT2D eigenvalue weighted by Crippen LogP contribution is -2.28. The summed E-state index contributed by atoms with van der Waals surface area (Å²) in [7, 11) is 1.16. The minimum Gasteiger partial charge on any atom is -0.465 e. The zero-order valence-corrected chi connectivity index (χ0v) is 14.1. The van der Waals surface area contributed by atoms with Gasteiger partial charge in [0.05, 0.1) is 23.9 Å². The first-order chi connectivity index (χ1) is 12.8. The smallest absolute Gasteiger partial charge is 0.337 e. The third kappa shape index (κ3) is 5.30. The molecule has 0 bridgehead atoms. The van der Waals surface area contributed by atoms with Crippen LogP contribution in [0.5, 0.6) is 0 Å². The molecule has 0 radical (unpaired) electrons. The first-order valence-corrected chi connectivity index (χ1v) is 7.72. The summed E-state index contributed by atoms with van der Waals surface area (Å²) in [5, 5.41) is 4.56. The molecule has 0 atom stereocenters. The van der Waals surface area contributed by atoms with E-state index in [0.717, 1.165) is 31.4 Å². The van der Waals surface area contributed by atoms with Crippen molar-refractivity contribution in [2.45, 2.75) is 6.42 Å². The van der Waals surface area contributed by atoms with E-state index in [1.54, 1.807) is 0 Å². The Bertz CT molecular complexity index is 887. The zero-order valence-electron chi connectivity index (χ0n) is 14.1. The average molecular weight is 380 g/mol. The second-order valence-corrected chi connectivity index (χ2v) is 5.36. The normalized spacial score (nSPS) is 10.2. The number of methoxy groups -OCH3 is 1. The third-order valence-electron chi connectivity index (χ3n) is 3.47. The summed E-state index contributed by atoms with van der Waals surface area (Å²) in [6, 6.07) is 5.80. The minimum atomic E-state index is -1.03. The van der Waals surface area contributed by atoms with Crippen LogP contribution in [-0.4, -0.2) is 31.4 Å². The first kappa shape index (κ1) is 20.0. The van der Waals surface area contributed by atoms with Gasteiger partial charge in [-0.05, 0) is 30.3 Å². The Morgan fingerprint density at radius 2 is 1.74 bits per heavy atom. The highest BCUT2D eigenvalue weighted by atomic mass is 19.1. The molecule has 2 amide bonds. The molecule has 142 valence electrons. The fourth-order valence-corrected chi connectivity index (χ4v) is 2.14. The predicted octanol–water partition coefficient (Wildman–Crippen LogP) is 2.65. The van der Waals surface area contributed by atoms with Crippen LogP contribution in [0.15, 0.2) is 36.4 Å². The molecular formula is C18H15F3N2O4. The van der Waals surface area contributed by atoms with Crippen molar-refractivity contribution < 1.29 is 32.3 Å². The molecule has 0 spiro atoms. The van der Waals surface area contributed by atoms with Gasteiger partial charge in [0.25, 0.3) is 5.91 Å². The van der Waals surface area contributed by atoms with Crippen LogP contribution >= 0.6 is 0 Å². The van der Waals surface area contributed by atoms with Crippen molar-refractivity contribution in [2.75, 3.05) is 19.0 Å². The first-order valence-electron chi connectivity index (χ1n) is 7.72. The van der Waals surface area contributed by atoms with E-state index < -0.39 is 35.2 Å². The number of amides is 2. The Labute approximate surface area is 152 Å². The van der Waals surface area contributed by atoms with Gasteiger partial charge in [0.1, 0.15) is 17.5 Å². The molecule has 0 aliphatic rings. The highest BCUT2D eigenvalue weighted by Crippen LogP contribution is 2.17. The minimum absolute atomic E-state index is 0.0503. The number of halogens is 3. The maximum Gasteiger partial charge on any atom is 0.337 e. The van der Waals surface area contributed by atoms with Crippen molar-refractivity contribution in [3.63, 3.8) is 0 Å². The molecule has 0 aliphatic heterocycles. The van der Waals surface area contributed by atoms with Gasteiger partial charge in [0.15, 0.2) is 0 Å². The average Bonchev–Trinajstić information content (AvgIpc) is 2.62. The largest absolute Gasteiger partial charge is 0.465 e. The monoisotopic (exact) mass is 380 g/mol. The standard InChI is InChI=1S/C18H15F3N2O4/c1-27-18(26)10-2-5-13(20)15(8-10)23-16(24)6-7-22-17(25)12-4-3-11(19)9-14(12)21/h2-5,8-9H,6-7H2,1H3,(H,22,25)(H,23,24). The molecular weight excluding hydrogens is 365 g/mol. The van der Waals surface area contributed by atoms with Gasteiger partial charge in [-0.2, -0.15) is 0 Å². The molecule has 6 nitrogen and oxygen atoms in total. The van der Waals surface area contributed by atoms with E-state index in [4.69, 9.17) is 0 Å². The summed E-state index contributed by atoms with van der Waals surface area (Å²) in [6.07, 6.45) is -0.240. The fraction of sp³-hybridized carbons (Fsp3) is 0.167. The summed E-state index contributed by atoms with van der Waals surface area (Å²) in [5.74, 6) is -4.76. The SMILES string of the molecule is COC(=O)c1ccc(F)c(NC(=O)CCNC(=O)c2ccc(F)cc2F)c1. The van der Waals surface area contributed by atoms with Crippen molar-refractivity contribution in [2.24, 2.45) is 0 Å². The van der Waals surface area contributed by atoms with Crippen LogP contribution < -0.4 is 10.6 Å². The number of hydrogen-bond acceptors (Lipinski definition) is 4. The Kier molecular flexibility index (Phi) is 6.53. The van der Waals surface area contributed by atoms with Crippen LogP contribution in [0.25, 0.3) is 0 Å². The van der Waals surface area contributed by atoms with Gasteiger partial charge < -0.3 is 15.4 Å². The summed E-state index contributed by atoms with van der Waals surface area (Å²) in [5.41, 5.74) is -0.540. The van der Waals surface area contributed by atoms with E-state index in [9.17, 15) is 27.6 Å². The Balaban J connectivity index is 1.91. The summed E-state index contributed by atoms with van der Waals surface area (Å²) < 4.78 is 44.6. The Morgan fingerprint density at radius 1 is 1.00 bits per heavy atom. The number of benzene rings is 2. The van der Waals surface area contributed by atoms with Gasteiger partial charge in [0, 0.05) is 19.0 Å².